The van der Waals surface area contributed by atoms with Crippen LogP contribution >= 0.6 is 27.5 Å². The second-order valence-electron chi connectivity index (χ2n) is 7.97. The lowest BCUT2D eigenvalue weighted by atomic mass is 10.1. The zero-order valence-electron chi connectivity index (χ0n) is 18.1. The molecule has 0 aliphatic carbocycles. The molecule has 0 saturated heterocycles. The van der Waals surface area contributed by atoms with E-state index in [2.05, 4.69) is 32.7 Å². The number of nitrogens with zero attached hydrogens (tertiary/aromatic N) is 3. The molecular weight excluding hydrogens is 482 g/mol. The molecule has 1 amide bonds. The van der Waals surface area contributed by atoms with E-state index in [0.717, 1.165) is 53.8 Å². The maximum Gasteiger partial charge on any atom is 0.257 e. The summed E-state index contributed by atoms with van der Waals surface area (Å²) in [5, 5.41) is 0.468. The highest BCUT2D eigenvalue weighted by molar-refractivity contribution is 9.10. The molecule has 0 N–H and O–H groups in total. The maximum atomic E-state index is 13.7. The Kier molecular flexibility index (Phi) is 6.63. The number of carbonyl (C=O) groups excluding carboxylic acids is 1. The Bertz CT molecular complexity index is 1010. The Morgan fingerprint density at radius 3 is 2.81 bits per heavy atom. The molecule has 0 spiro atoms. The van der Waals surface area contributed by atoms with E-state index in [-0.39, 0.29) is 5.91 Å². The van der Waals surface area contributed by atoms with Gasteiger partial charge in [-0.1, -0.05) is 24.9 Å². The third-order valence-corrected chi connectivity index (χ3v) is 7.10. The Hall–Kier alpha value is -1.99. The van der Waals surface area contributed by atoms with Gasteiger partial charge in [0.1, 0.15) is 5.75 Å². The topological polar surface area (TPSA) is 54.9 Å². The summed E-state index contributed by atoms with van der Waals surface area (Å²) in [7, 11) is 1.63. The predicted octanol–water partition coefficient (Wildman–Crippen LogP) is 5.01. The molecule has 2 aromatic rings. The van der Waals surface area contributed by atoms with Crippen LogP contribution in [0, 0.1) is 6.92 Å². The predicted molar refractivity (Wildman–Crippen MR) is 126 cm³/mol. The first-order valence-electron chi connectivity index (χ1n) is 10.7. The van der Waals surface area contributed by atoms with Gasteiger partial charge < -0.3 is 19.3 Å². The summed E-state index contributed by atoms with van der Waals surface area (Å²) >= 11 is 10.2. The molecule has 3 heterocycles. The summed E-state index contributed by atoms with van der Waals surface area (Å²) in [6.07, 6.45) is 2.90. The number of hydrogen-bond acceptors (Lipinski definition) is 5. The lowest BCUT2D eigenvalue weighted by Gasteiger charge is -2.24. The molecule has 6 nitrogen and oxygen atoms in total. The molecule has 0 saturated carbocycles. The number of aryl methyl sites for hydroxylation is 1. The van der Waals surface area contributed by atoms with Crippen molar-refractivity contribution in [3.05, 3.63) is 44.0 Å². The van der Waals surface area contributed by atoms with Crippen LogP contribution in [0.25, 0.3) is 0 Å². The third kappa shape index (κ3) is 4.22. The van der Waals surface area contributed by atoms with Gasteiger partial charge in [-0.2, -0.15) is 0 Å². The molecule has 0 unspecified atom stereocenters. The van der Waals surface area contributed by atoms with Gasteiger partial charge in [0, 0.05) is 35.9 Å². The zero-order chi connectivity index (χ0) is 22.1. The number of halogens is 2. The van der Waals surface area contributed by atoms with Crippen LogP contribution in [-0.4, -0.2) is 49.1 Å². The molecule has 4 rings (SSSR count). The fourth-order valence-electron chi connectivity index (χ4n) is 4.25. The van der Waals surface area contributed by atoms with E-state index < -0.39 is 0 Å². The fraction of sp³-hybridized carbons (Fsp3) is 0.478. The van der Waals surface area contributed by atoms with Crippen LogP contribution < -0.4 is 14.4 Å². The highest BCUT2D eigenvalue weighted by Gasteiger charge is 2.35. The number of ether oxygens (including phenoxy) is 2. The van der Waals surface area contributed by atoms with Crippen LogP contribution in [0.3, 0.4) is 0 Å². The van der Waals surface area contributed by atoms with Gasteiger partial charge in [0.2, 0.25) is 5.88 Å². The quantitative estimate of drug-likeness (QED) is 0.492. The van der Waals surface area contributed by atoms with Crippen LogP contribution in [0.5, 0.6) is 11.6 Å². The van der Waals surface area contributed by atoms with Gasteiger partial charge in [0.15, 0.2) is 0 Å². The van der Waals surface area contributed by atoms with Gasteiger partial charge in [0.25, 0.3) is 5.91 Å². The number of carbonyl (C=O) groups is 1. The number of amides is 1. The van der Waals surface area contributed by atoms with E-state index in [1.165, 1.54) is 5.56 Å². The maximum absolute atomic E-state index is 13.7. The molecule has 31 heavy (non-hydrogen) atoms. The molecule has 0 atom stereocenters. The molecule has 1 aromatic carbocycles. The van der Waals surface area contributed by atoms with E-state index >= 15 is 0 Å². The summed E-state index contributed by atoms with van der Waals surface area (Å²) in [6, 6.07) is 3.92. The van der Waals surface area contributed by atoms with E-state index in [1.54, 1.807) is 7.11 Å². The molecule has 0 fully saturated rings. The molecular formula is C23H27BrClN3O3. The number of rotatable bonds is 7. The second kappa shape index (κ2) is 9.25. The monoisotopic (exact) mass is 507 g/mol. The number of unbranched alkanes of at least 4 members (excludes halogenated alkanes) is 1. The van der Waals surface area contributed by atoms with Crippen LogP contribution in [-0.2, 0) is 13.0 Å². The van der Waals surface area contributed by atoms with E-state index in [1.807, 2.05) is 24.0 Å². The summed E-state index contributed by atoms with van der Waals surface area (Å²) in [4.78, 5) is 22.4. The van der Waals surface area contributed by atoms with Gasteiger partial charge in [0.05, 0.1) is 42.1 Å². The molecule has 2 aliphatic heterocycles. The van der Waals surface area contributed by atoms with Crippen molar-refractivity contribution >= 4 is 39.1 Å². The Balaban J connectivity index is 1.71. The van der Waals surface area contributed by atoms with Crippen LogP contribution in [0.15, 0.2) is 16.6 Å². The summed E-state index contributed by atoms with van der Waals surface area (Å²) in [6.45, 7) is 7.21. The third-order valence-electron chi connectivity index (χ3n) is 5.86. The lowest BCUT2D eigenvalue weighted by Crippen LogP contribution is -2.34. The molecule has 0 bridgehead atoms. The van der Waals surface area contributed by atoms with Crippen molar-refractivity contribution in [3.8, 4) is 11.6 Å². The molecule has 2 aliphatic rings. The lowest BCUT2D eigenvalue weighted by molar-refractivity contribution is 0.0751. The van der Waals surface area contributed by atoms with Gasteiger partial charge in [-0.15, -0.1) is 0 Å². The molecule has 1 aromatic heterocycles. The highest BCUT2D eigenvalue weighted by atomic mass is 79.9. The minimum atomic E-state index is -0.0749. The second-order valence-corrected chi connectivity index (χ2v) is 9.20. The summed E-state index contributed by atoms with van der Waals surface area (Å²) in [5.74, 6) is 1.14. The molecule has 166 valence electrons. The Morgan fingerprint density at radius 2 is 2.06 bits per heavy atom. The first kappa shape index (κ1) is 22.2. The van der Waals surface area contributed by atoms with Crippen LogP contribution in [0.1, 0.15) is 46.9 Å². The van der Waals surface area contributed by atoms with E-state index in [4.69, 9.17) is 21.1 Å². The zero-order valence-corrected chi connectivity index (χ0v) is 20.5. The van der Waals surface area contributed by atoms with Crippen LogP contribution in [0.2, 0.25) is 5.02 Å². The van der Waals surface area contributed by atoms with Crippen molar-refractivity contribution < 1.29 is 14.3 Å². The molecule has 0 radical (unpaired) electrons. The average molecular weight is 509 g/mol. The smallest absolute Gasteiger partial charge is 0.257 e. The number of benzene rings is 1. The number of hydrogen-bond donors (Lipinski definition) is 0. The number of methoxy groups -OCH3 is 1. The molecule has 8 heteroatoms. The van der Waals surface area contributed by atoms with Crippen molar-refractivity contribution in [3.63, 3.8) is 0 Å². The number of anilines is 1. The Labute approximate surface area is 196 Å². The summed E-state index contributed by atoms with van der Waals surface area (Å²) < 4.78 is 12.4. The van der Waals surface area contributed by atoms with Crippen molar-refractivity contribution in [2.75, 3.05) is 38.3 Å². The number of aromatic nitrogens is 1. The first-order valence-corrected chi connectivity index (χ1v) is 11.8. The van der Waals surface area contributed by atoms with Crippen LogP contribution in [0.4, 0.5) is 5.69 Å². The summed E-state index contributed by atoms with van der Waals surface area (Å²) in [5.41, 5.74) is 4.33. The minimum absolute atomic E-state index is 0.0749. The normalized spacial score (nSPS) is 15.2. The average Bonchev–Trinajstić information content (AvgIpc) is 3.08. The first-order chi connectivity index (χ1) is 14.9. The number of pyridine rings is 1. The van der Waals surface area contributed by atoms with Gasteiger partial charge in [-0.25, -0.2) is 4.98 Å². The highest BCUT2D eigenvalue weighted by Crippen LogP contribution is 2.43. The largest absolute Gasteiger partial charge is 0.496 e. The van der Waals surface area contributed by atoms with Gasteiger partial charge in [-0.05, 0) is 47.3 Å². The van der Waals surface area contributed by atoms with E-state index in [0.29, 0.717) is 41.9 Å². The standard InChI is InChI=1S/C23H27BrClN3O3/c1-4-5-10-31-22-16(18(30-3)11-14(2)26-22)13-28-9-8-27-7-6-15-12-17(24)20(25)19(21(15)27)23(28)29/h11-12H,4-10,13H2,1-3H3. The van der Waals surface area contributed by atoms with Gasteiger partial charge >= 0.3 is 0 Å². The van der Waals surface area contributed by atoms with Crippen molar-refractivity contribution in [2.24, 2.45) is 0 Å². The minimum Gasteiger partial charge on any atom is -0.496 e. The van der Waals surface area contributed by atoms with Crippen molar-refractivity contribution in [1.29, 1.82) is 0 Å². The van der Waals surface area contributed by atoms with Gasteiger partial charge in [-0.3, -0.25) is 4.79 Å². The SMILES string of the molecule is CCCCOc1nc(C)cc(OC)c1CN1CCN2CCc3cc(Br)c(Cl)c(c32)C1=O. The van der Waals surface area contributed by atoms with Crippen molar-refractivity contribution in [2.45, 2.75) is 39.7 Å². The fourth-order valence-corrected chi connectivity index (χ4v) is 4.95. The van der Waals surface area contributed by atoms with Crippen molar-refractivity contribution in [1.82, 2.24) is 9.88 Å². The Morgan fingerprint density at radius 1 is 1.26 bits per heavy atom. The van der Waals surface area contributed by atoms with E-state index in [9.17, 15) is 4.79 Å².